The van der Waals surface area contributed by atoms with Crippen LogP contribution in [0.2, 0.25) is 0 Å². The molecule has 0 aliphatic carbocycles. The monoisotopic (exact) mass is 157 g/mol. The largest absolute Gasteiger partial charge is 0.393 e. The third-order valence-corrected chi connectivity index (χ3v) is 2.25. The third-order valence-electron chi connectivity index (χ3n) is 2.25. The van der Waals surface area contributed by atoms with Gasteiger partial charge in [0.25, 0.3) is 0 Å². The summed E-state index contributed by atoms with van der Waals surface area (Å²) in [6.07, 6.45) is 1.87. The maximum Gasteiger partial charge on any atom is 0.220 e. The van der Waals surface area contributed by atoms with Crippen molar-refractivity contribution in [1.29, 1.82) is 0 Å². The number of aliphatic hydroxyl groups excluding tert-OH is 1. The molecule has 1 amide bonds. The Morgan fingerprint density at radius 1 is 1.82 bits per heavy atom. The van der Waals surface area contributed by atoms with Crippen LogP contribution in [0.25, 0.3) is 0 Å². The number of rotatable bonds is 2. The predicted octanol–water partition coefficient (Wildman–Crippen LogP) is 0.283. The van der Waals surface area contributed by atoms with E-state index >= 15 is 0 Å². The SMILES string of the molecule is CCC(O)C1CCNC(=O)C1. The molecule has 3 nitrogen and oxygen atoms in total. The summed E-state index contributed by atoms with van der Waals surface area (Å²) in [6, 6.07) is 0. The number of nitrogens with one attached hydrogen (secondary N) is 1. The van der Waals surface area contributed by atoms with Crippen LogP contribution in [0.3, 0.4) is 0 Å². The number of hydrogen-bond acceptors (Lipinski definition) is 2. The van der Waals surface area contributed by atoms with Crippen molar-refractivity contribution in [2.75, 3.05) is 6.54 Å². The molecule has 1 rings (SSSR count). The van der Waals surface area contributed by atoms with Crippen molar-refractivity contribution < 1.29 is 9.90 Å². The van der Waals surface area contributed by atoms with Crippen LogP contribution in [-0.2, 0) is 4.79 Å². The van der Waals surface area contributed by atoms with Gasteiger partial charge in [0, 0.05) is 13.0 Å². The summed E-state index contributed by atoms with van der Waals surface area (Å²) >= 11 is 0. The number of carbonyl (C=O) groups is 1. The zero-order valence-corrected chi connectivity index (χ0v) is 6.84. The summed E-state index contributed by atoms with van der Waals surface area (Å²) < 4.78 is 0. The van der Waals surface area contributed by atoms with Crippen LogP contribution in [0.15, 0.2) is 0 Å². The second-order valence-corrected chi connectivity index (χ2v) is 3.08. The molecule has 0 bridgehead atoms. The molecule has 0 aromatic carbocycles. The second kappa shape index (κ2) is 3.72. The van der Waals surface area contributed by atoms with Gasteiger partial charge in [-0.25, -0.2) is 0 Å². The average molecular weight is 157 g/mol. The smallest absolute Gasteiger partial charge is 0.220 e. The van der Waals surface area contributed by atoms with Crippen molar-refractivity contribution in [2.24, 2.45) is 5.92 Å². The molecule has 11 heavy (non-hydrogen) atoms. The van der Waals surface area contributed by atoms with Gasteiger partial charge in [0.05, 0.1) is 6.10 Å². The Hall–Kier alpha value is -0.570. The van der Waals surface area contributed by atoms with Crippen molar-refractivity contribution in [3.63, 3.8) is 0 Å². The fraction of sp³-hybridized carbons (Fsp3) is 0.875. The van der Waals surface area contributed by atoms with Crippen LogP contribution in [-0.4, -0.2) is 23.7 Å². The van der Waals surface area contributed by atoms with Crippen LogP contribution in [0.5, 0.6) is 0 Å². The molecular formula is C8H15NO2. The fourth-order valence-electron chi connectivity index (χ4n) is 1.47. The first-order chi connectivity index (χ1) is 5.24. The lowest BCUT2D eigenvalue weighted by Gasteiger charge is -2.25. The standard InChI is InChI=1S/C8H15NO2/c1-2-7(10)6-3-4-9-8(11)5-6/h6-7,10H,2-5H2,1H3,(H,9,11). The first kappa shape index (κ1) is 8.53. The molecule has 1 fully saturated rings. The van der Waals surface area contributed by atoms with Gasteiger partial charge in [0.15, 0.2) is 0 Å². The van der Waals surface area contributed by atoms with Gasteiger partial charge in [-0.15, -0.1) is 0 Å². The Morgan fingerprint density at radius 3 is 3.09 bits per heavy atom. The van der Waals surface area contributed by atoms with Crippen LogP contribution in [0.1, 0.15) is 26.2 Å². The van der Waals surface area contributed by atoms with Crippen LogP contribution in [0, 0.1) is 5.92 Å². The first-order valence-electron chi connectivity index (χ1n) is 4.18. The lowest BCUT2D eigenvalue weighted by molar-refractivity contribution is -0.124. The van der Waals surface area contributed by atoms with Crippen molar-refractivity contribution in [3.8, 4) is 0 Å². The first-order valence-corrected chi connectivity index (χ1v) is 4.18. The minimum absolute atomic E-state index is 0.0775. The van der Waals surface area contributed by atoms with Crippen molar-refractivity contribution in [2.45, 2.75) is 32.3 Å². The topological polar surface area (TPSA) is 49.3 Å². The number of hydrogen-bond donors (Lipinski definition) is 2. The molecule has 1 heterocycles. The molecule has 0 spiro atoms. The molecule has 2 atom stereocenters. The van der Waals surface area contributed by atoms with E-state index in [1.54, 1.807) is 0 Å². The van der Waals surface area contributed by atoms with Gasteiger partial charge < -0.3 is 10.4 Å². The number of aliphatic hydroxyl groups is 1. The highest BCUT2D eigenvalue weighted by molar-refractivity contribution is 5.76. The molecule has 1 saturated heterocycles. The number of amides is 1. The van der Waals surface area contributed by atoms with Gasteiger partial charge in [-0.3, -0.25) is 4.79 Å². The summed E-state index contributed by atoms with van der Waals surface area (Å²) in [5.74, 6) is 0.266. The van der Waals surface area contributed by atoms with Gasteiger partial charge >= 0.3 is 0 Å². The van der Waals surface area contributed by atoms with Gasteiger partial charge in [-0.05, 0) is 18.8 Å². The van der Waals surface area contributed by atoms with Crippen LogP contribution < -0.4 is 5.32 Å². The Labute approximate surface area is 66.8 Å². The highest BCUT2D eigenvalue weighted by Crippen LogP contribution is 2.18. The van der Waals surface area contributed by atoms with E-state index in [4.69, 9.17) is 0 Å². The molecule has 0 radical (unpaired) electrons. The molecule has 0 aromatic rings. The van der Waals surface area contributed by atoms with E-state index in [2.05, 4.69) is 5.32 Å². The van der Waals surface area contributed by atoms with Crippen molar-refractivity contribution >= 4 is 5.91 Å². The van der Waals surface area contributed by atoms with E-state index < -0.39 is 0 Å². The highest BCUT2D eigenvalue weighted by Gasteiger charge is 2.24. The summed E-state index contributed by atoms with van der Waals surface area (Å²) in [7, 11) is 0. The van der Waals surface area contributed by atoms with E-state index in [9.17, 15) is 9.90 Å². The summed E-state index contributed by atoms with van der Waals surface area (Å²) in [5.41, 5.74) is 0. The third kappa shape index (κ3) is 2.19. The van der Waals surface area contributed by atoms with Crippen LogP contribution in [0.4, 0.5) is 0 Å². The minimum atomic E-state index is -0.291. The van der Waals surface area contributed by atoms with Crippen LogP contribution >= 0.6 is 0 Å². The van der Waals surface area contributed by atoms with Crippen molar-refractivity contribution in [1.82, 2.24) is 5.32 Å². The Kier molecular flexibility index (Phi) is 2.88. The zero-order chi connectivity index (χ0) is 8.27. The Morgan fingerprint density at radius 2 is 2.55 bits per heavy atom. The predicted molar refractivity (Wildman–Crippen MR) is 42.0 cm³/mol. The van der Waals surface area contributed by atoms with Gasteiger partial charge in [0.1, 0.15) is 0 Å². The molecule has 0 saturated carbocycles. The maximum atomic E-state index is 10.9. The molecule has 1 aliphatic heterocycles. The minimum Gasteiger partial charge on any atom is -0.393 e. The molecule has 2 unspecified atom stereocenters. The summed E-state index contributed by atoms with van der Waals surface area (Å²) in [6.45, 7) is 2.66. The number of piperidine rings is 1. The maximum absolute atomic E-state index is 10.9. The average Bonchev–Trinajstić information content (AvgIpc) is 2.03. The van der Waals surface area contributed by atoms with E-state index in [1.807, 2.05) is 6.92 Å². The van der Waals surface area contributed by atoms with E-state index in [0.29, 0.717) is 6.42 Å². The fourth-order valence-corrected chi connectivity index (χ4v) is 1.47. The van der Waals surface area contributed by atoms with Gasteiger partial charge in [-0.1, -0.05) is 6.92 Å². The highest BCUT2D eigenvalue weighted by atomic mass is 16.3. The van der Waals surface area contributed by atoms with Gasteiger partial charge in [-0.2, -0.15) is 0 Å². The molecule has 0 aromatic heterocycles. The van der Waals surface area contributed by atoms with E-state index in [-0.39, 0.29) is 17.9 Å². The summed E-state index contributed by atoms with van der Waals surface area (Å²) in [5, 5.41) is 12.2. The molecule has 1 aliphatic rings. The van der Waals surface area contributed by atoms with Gasteiger partial charge in [0.2, 0.25) is 5.91 Å². The lowest BCUT2D eigenvalue weighted by atomic mass is 9.90. The second-order valence-electron chi connectivity index (χ2n) is 3.08. The number of carbonyl (C=O) groups excluding carboxylic acids is 1. The Bertz CT molecular complexity index is 147. The molecule has 64 valence electrons. The summed E-state index contributed by atoms with van der Waals surface area (Å²) in [4.78, 5) is 10.9. The van der Waals surface area contributed by atoms with E-state index in [1.165, 1.54) is 0 Å². The normalized spacial score (nSPS) is 27.8. The van der Waals surface area contributed by atoms with E-state index in [0.717, 1.165) is 19.4 Å². The molecule has 2 N–H and O–H groups in total. The van der Waals surface area contributed by atoms with Crippen molar-refractivity contribution in [3.05, 3.63) is 0 Å². The quantitative estimate of drug-likeness (QED) is 0.605. The molecule has 3 heteroatoms. The zero-order valence-electron chi connectivity index (χ0n) is 6.84. The Balaban J connectivity index is 2.39. The lowest BCUT2D eigenvalue weighted by Crippen LogP contribution is -2.38. The molecular weight excluding hydrogens is 142 g/mol.